The second kappa shape index (κ2) is 9.28. The van der Waals surface area contributed by atoms with E-state index in [1.807, 2.05) is 12.3 Å². The Bertz CT molecular complexity index is 309. The summed E-state index contributed by atoms with van der Waals surface area (Å²) < 4.78 is 0. The summed E-state index contributed by atoms with van der Waals surface area (Å²) >= 11 is 1.58. The van der Waals surface area contributed by atoms with Crippen LogP contribution in [-0.2, 0) is 6.42 Å². The number of allylic oxidation sites excluding steroid dienone is 1. The van der Waals surface area contributed by atoms with Gasteiger partial charge in [-0.1, -0.05) is 43.5 Å². The molecule has 3 nitrogen and oxygen atoms in total. The highest BCUT2D eigenvalue weighted by Gasteiger charge is 2.00. The first kappa shape index (κ1) is 14.3. The van der Waals surface area contributed by atoms with Gasteiger partial charge >= 0.3 is 0 Å². The van der Waals surface area contributed by atoms with E-state index >= 15 is 0 Å². The molecule has 1 aromatic rings. The van der Waals surface area contributed by atoms with Crippen molar-refractivity contribution >= 4 is 11.8 Å². The largest absolute Gasteiger partial charge is 0.262 e. The SMILES string of the molecule is C=CCCCCCCCCc1nc(SC)n[nH]1. The molecule has 0 spiro atoms. The van der Waals surface area contributed by atoms with Gasteiger partial charge in [0.15, 0.2) is 0 Å². The molecule has 0 aliphatic rings. The lowest BCUT2D eigenvalue weighted by Crippen LogP contribution is -1.89. The first-order valence-corrected chi connectivity index (χ1v) is 7.65. The van der Waals surface area contributed by atoms with Gasteiger partial charge in [0.2, 0.25) is 5.16 Å². The quantitative estimate of drug-likeness (QED) is 0.389. The van der Waals surface area contributed by atoms with E-state index in [9.17, 15) is 0 Å². The van der Waals surface area contributed by atoms with Crippen molar-refractivity contribution in [1.29, 1.82) is 0 Å². The predicted molar refractivity (Wildman–Crippen MR) is 74.4 cm³/mol. The van der Waals surface area contributed by atoms with Crippen molar-refractivity contribution in [1.82, 2.24) is 15.2 Å². The van der Waals surface area contributed by atoms with E-state index < -0.39 is 0 Å². The minimum atomic E-state index is 0.851. The number of H-pyrrole nitrogens is 1. The number of unbranched alkanes of at least 4 members (excludes halogenated alkanes) is 6. The fourth-order valence-corrected chi connectivity index (χ4v) is 2.11. The molecule has 0 bridgehead atoms. The van der Waals surface area contributed by atoms with Crippen molar-refractivity contribution in [2.24, 2.45) is 0 Å². The van der Waals surface area contributed by atoms with Crippen LogP contribution in [0.3, 0.4) is 0 Å². The average molecular weight is 253 g/mol. The maximum absolute atomic E-state index is 4.37. The van der Waals surface area contributed by atoms with Gasteiger partial charge in [0.05, 0.1) is 0 Å². The molecule has 1 rings (SSSR count). The summed E-state index contributed by atoms with van der Waals surface area (Å²) in [4.78, 5) is 4.37. The van der Waals surface area contributed by atoms with Crippen molar-refractivity contribution in [3.05, 3.63) is 18.5 Å². The Balaban J connectivity index is 1.95. The molecule has 17 heavy (non-hydrogen) atoms. The zero-order valence-corrected chi connectivity index (χ0v) is 11.6. The average Bonchev–Trinajstić information content (AvgIpc) is 2.80. The van der Waals surface area contributed by atoms with Crippen LogP contribution in [0.4, 0.5) is 0 Å². The maximum Gasteiger partial charge on any atom is 0.208 e. The zero-order chi connectivity index (χ0) is 12.3. The number of aromatic nitrogens is 3. The smallest absolute Gasteiger partial charge is 0.208 e. The van der Waals surface area contributed by atoms with Crippen LogP contribution >= 0.6 is 11.8 Å². The Morgan fingerprint density at radius 2 is 1.88 bits per heavy atom. The molecule has 0 saturated carbocycles. The number of rotatable bonds is 10. The third kappa shape index (κ3) is 6.51. The van der Waals surface area contributed by atoms with Crippen molar-refractivity contribution in [2.45, 2.75) is 56.5 Å². The number of nitrogens with zero attached hydrogens (tertiary/aromatic N) is 2. The van der Waals surface area contributed by atoms with Gasteiger partial charge in [-0.2, -0.15) is 0 Å². The van der Waals surface area contributed by atoms with E-state index in [2.05, 4.69) is 21.8 Å². The molecule has 0 aliphatic carbocycles. The highest BCUT2D eigenvalue weighted by Crippen LogP contribution is 2.11. The van der Waals surface area contributed by atoms with Crippen molar-refractivity contribution in [3.8, 4) is 0 Å². The monoisotopic (exact) mass is 253 g/mol. The molecule has 0 fully saturated rings. The van der Waals surface area contributed by atoms with Gasteiger partial charge in [-0.3, -0.25) is 5.10 Å². The van der Waals surface area contributed by atoms with Crippen LogP contribution in [0.15, 0.2) is 17.8 Å². The van der Waals surface area contributed by atoms with Crippen LogP contribution in [0.25, 0.3) is 0 Å². The molecule has 0 unspecified atom stereocenters. The summed E-state index contributed by atoms with van der Waals surface area (Å²) in [6.07, 6.45) is 14.0. The highest BCUT2D eigenvalue weighted by atomic mass is 32.2. The van der Waals surface area contributed by atoms with Gasteiger partial charge in [-0.05, 0) is 25.5 Å². The highest BCUT2D eigenvalue weighted by molar-refractivity contribution is 7.98. The van der Waals surface area contributed by atoms with Crippen molar-refractivity contribution in [2.75, 3.05) is 6.26 Å². The van der Waals surface area contributed by atoms with Gasteiger partial charge in [-0.15, -0.1) is 11.7 Å². The molecule has 1 aromatic heterocycles. The minimum Gasteiger partial charge on any atom is -0.262 e. The molecular formula is C13H23N3S. The molecule has 96 valence electrons. The van der Waals surface area contributed by atoms with E-state index in [0.29, 0.717) is 0 Å². The fourth-order valence-electron chi connectivity index (χ4n) is 1.77. The number of hydrogen-bond donors (Lipinski definition) is 1. The summed E-state index contributed by atoms with van der Waals surface area (Å²) in [5, 5.41) is 7.93. The van der Waals surface area contributed by atoms with Crippen molar-refractivity contribution < 1.29 is 0 Å². The summed E-state index contributed by atoms with van der Waals surface area (Å²) in [6.45, 7) is 3.73. The van der Waals surface area contributed by atoms with E-state index in [0.717, 1.165) is 23.8 Å². The van der Waals surface area contributed by atoms with E-state index in [1.54, 1.807) is 11.8 Å². The Labute approximate surface area is 108 Å². The van der Waals surface area contributed by atoms with Gasteiger partial charge in [0.25, 0.3) is 0 Å². The lowest BCUT2D eigenvalue weighted by Gasteiger charge is -1.99. The Morgan fingerprint density at radius 1 is 1.18 bits per heavy atom. The van der Waals surface area contributed by atoms with Crippen LogP contribution in [0.1, 0.15) is 50.8 Å². The molecule has 0 atom stereocenters. The summed E-state index contributed by atoms with van der Waals surface area (Å²) in [5.41, 5.74) is 0. The molecule has 0 aromatic carbocycles. The van der Waals surface area contributed by atoms with Crippen LogP contribution < -0.4 is 0 Å². The number of aromatic amines is 1. The Morgan fingerprint density at radius 3 is 2.53 bits per heavy atom. The van der Waals surface area contributed by atoms with Gasteiger partial charge in [0, 0.05) is 6.42 Å². The predicted octanol–water partition coefficient (Wildman–Crippen LogP) is 3.99. The number of nitrogens with one attached hydrogen (secondary N) is 1. The molecule has 0 saturated heterocycles. The van der Waals surface area contributed by atoms with E-state index in [1.165, 1.54) is 38.5 Å². The molecule has 4 heteroatoms. The summed E-state index contributed by atoms with van der Waals surface area (Å²) in [6, 6.07) is 0. The van der Waals surface area contributed by atoms with Gasteiger partial charge in [0.1, 0.15) is 5.82 Å². The van der Waals surface area contributed by atoms with Gasteiger partial charge < -0.3 is 0 Å². The van der Waals surface area contributed by atoms with Crippen LogP contribution in [0.5, 0.6) is 0 Å². The van der Waals surface area contributed by atoms with Crippen LogP contribution in [0.2, 0.25) is 0 Å². The Hall–Kier alpha value is -0.770. The lowest BCUT2D eigenvalue weighted by molar-refractivity contribution is 0.591. The van der Waals surface area contributed by atoms with Gasteiger partial charge in [-0.25, -0.2) is 4.98 Å². The molecule has 0 radical (unpaired) electrons. The number of aryl methyl sites for hydroxylation is 1. The molecule has 1 N–H and O–H groups in total. The second-order valence-electron chi connectivity index (χ2n) is 4.22. The first-order chi connectivity index (χ1) is 8.36. The second-order valence-corrected chi connectivity index (χ2v) is 4.99. The minimum absolute atomic E-state index is 0.851. The van der Waals surface area contributed by atoms with Crippen LogP contribution in [0, 0.1) is 0 Å². The zero-order valence-electron chi connectivity index (χ0n) is 10.7. The number of thioether (sulfide) groups is 1. The fraction of sp³-hybridized carbons (Fsp3) is 0.692. The lowest BCUT2D eigenvalue weighted by atomic mass is 10.1. The third-order valence-electron chi connectivity index (χ3n) is 2.77. The number of hydrogen-bond acceptors (Lipinski definition) is 3. The topological polar surface area (TPSA) is 41.6 Å². The molecule has 0 amide bonds. The molecular weight excluding hydrogens is 230 g/mol. The molecule has 0 aliphatic heterocycles. The maximum atomic E-state index is 4.37. The standard InChI is InChI=1S/C13H23N3S/c1-3-4-5-6-7-8-9-10-11-12-14-13(17-2)16-15-12/h3H,1,4-11H2,2H3,(H,14,15,16). The van der Waals surface area contributed by atoms with E-state index in [4.69, 9.17) is 0 Å². The summed E-state index contributed by atoms with van der Waals surface area (Å²) in [5.74, 6) is 1.03. The summed E-state index contributed by atoms with van der Waals surface area (Å²) in [7, 11) is 0. The van der Waals surface area contributed by atoms with E-state index in [-0.39, 0.29) is 0 Å². The molecule has 1 heterocycles. The van der Waals surface area contributed by atoms with Crippen LogP contribution in [-0.4, -0.2) is 21.4 Å². The third-order valence-corrected chi connectivity index (χ3v) is 3.31. The van der Waals surface area contributed by atoms with Crippen molar-refractivity contribution in [3.63, 3.8) is 0 Å². The first-order valence-electron chi connectivity index (χ1n) is 6.43. The Kier molecular flexibility index (Phi) is 7.80. The normalized spacial score (nSPS) is 10.6.